The van der Waals surface area contributed by atoms with Gasteiger partial charge in [0.05, 0.1) is 0 Å². The molecule has 0 aromatic heterocycles. The van der Waals surface area contributed by atoms with Crippen molar-refractivity contribution in [3.63, 3.8) is 0 Å². The first-order valence-electron chi connectivity index (χ1n) is 14.4. The van der Waals surface area contributed by atoms with Gasteiger partial charge in [-0.25, -0.2) is 0 Å². The molecule has 202 valence electrons. The van der Waals surface area contributed by atoms with Crippen LogP contribution in [0.3, 0.4) is 0 Å². The van der Waals surface area contributed by atoms with Gasteiger partial charge in [-0.15, -0.1) is 0 Å². The lowest BCUT2D eigenvalue weighted by molar-refractivity contribution is -0.219. The van der Waals surface area contributed by atoms with Crippen molar-refractivity contribution in [2.75, 3.05) is 0 Å². The van der Waals surface area contributed by atoms with Gasteiger partial charge in [-0.05, 0) is 103 Å². The van der Waals surface area contributed by atoms with Gasteiger partial charge in [-0.1, -0.05) is 54.0 Å². The molecule has 36 heavy (non-hydrogen) atoms. The molecule has 5 aliphatic carbocycles. The Morgan fingerprint density at radius 2 is 1.58 bits per heavy atom. The van der Waals surface area contributed by atoms with Gasteiger partial charge in [0.2, 0.25) is 5.91 Å². The molecular weight excluding hydrogens is 450 g/mol. The maximum absolute atomic E-state index is 14.3. The second kappa shape index (κ2) is 7.68. The van der Waals surface area contributed by atoms with Gasteiger partial charge in [0.25, 0.3) is 0 Å². The Balaban J connectivity index is 1.60. The molecule has 5 aliphatic rings. The van der Waals surface area contributed by atoms with Crippen LogP contribution in [0.15, 0.2) is 11.6 Å². The minimum Gasteiger partial charge on any atom is -0.369 e. The Kier molecular flexibility index (Phi) is 5.64. The number of carbonyl (C=O) groups is 2. The molecule has 0 heterocycles. The van der Waals surface area contributed by atoms with Crippen molar-refractivity contribution in [2.24, 2.45) is 61.9 Å². The Labute approximate surface area is 217 Å². The number of hydrogen-bond acceptors (Lipinski definition) is 4. The predicted octanol–water partition coefficient (Wildman–Crippen LogP) is 5.38. The van der Waals surface area contributed by atoms with Crippen LogP contribution >= 0.6 is 0 Å². The van der Waals surface area contributed by atoms with Crippen molar-refractivity contribution in [3.8, 4) is 0 Å². The summed E-state index contributed by atoms with van der Waals surface area (Å²) in [5.74, 6) is 0.320. The smallest absolute Gasteiger partial charge is 0.223 e. The van der Waals surface area contributed by atoms with Crippen LogP contribution in [0.25, 0.3) is 0 Å². The third-order valence-corrected chi connectivity index (χ3v) is 13.6. The first-order chi connectivity index (χ1) is 16.5. The standard InChI is InChI=1S/C31H49NO4/c1-26(2)18(24(34)35)8-10-29(5)22(26)9-11-31(7)23(29)21(33)16-19-20-17-28(4,25(32)36)13-12-27(20,3)14-15-30(19,31)6/h16,18,20,22-24,34-35H,8-15,17H2,1-7H3,(H2,32,36)/t18-,20-,22?,23+,27+,28-,29-,30+,31+/m0/s1. The summed E-state index contributed by atoms with van der Waals surface area (Å²) in [6, 6.07) is 0. The normalized spacial score (nSPS) is 51.9. The van der Waals surface area contributed by atoms with E-state index in [9.17, 15) is 19.8 Å². The average molecular weight is 500 g/mol. The van der Waals surface area contributed by atoms with E-state index in [2.05, 4.69) is 41.5 Å². The van der Waals surface area contributed by atoms with Crippen molar-refractivity contribution in [1.29, 1.82) is 0 Å². The van der Waals surface area contributed by atoms with Gasteiger partial charge in [0, 0.05) is 17.3 Å². The van der Waals surface area contributed by atoms with E-state index >= 15 is 0 Å². The number of aliphatic hydroxyl groups excluding tert-OH is 1. The highest BCUT2D eigenvalue weighted by atomic mass is 16.5. The van der Waals surface area contributed by atoms with Crippen molar-refractivity contribution < 1.29 is 19.8 Å². The molecule has 4 N–H and O–H groups in total. The van der Waals surface area contributed by atoms with E-state index in [1.807, 2.05) is 13.0 Å². The molecule has 0 aliphatic heterocycles. The second-order valence-corrected chi connectivity index (χ2v) is 15.5. The van der Waals surface area contributed by atoms with Crippen LogP contribution in [-0.2, 0) is 9.59 Å². The summed E-state index contributed by atoms with van der Waals surface area (Å²) in [5.41, 5.74) is 6.16. The van der Waals surface area contributed by atoms with Gasteiger partial charge in [0.15, 0.2) is 12.1 Å². The van der Waals surface area contributed by atoms with Gasteiger partial charge in [-0.2, -0.15) is 0 Å². The highest BCUT2D eigenvalue weighted by molar-refractivity contribution is 5.95. The van der Waals surface area contributed by atoms with Crippen LogP contribution in [0.2, 0.25) is 0 Å². The van der Waals surface area contributed by atoms with Crippen molar-refractivity contribution in [3.05, 3.63) is 11.6 Å². The minimum atomic E-state index is -1.31. The van der Waals surface area contributed by atoms with Crippen LogP contribution in [0.4, 0.5) is 0 Å². The quantitative estimate of drug-likeness (QED) is 0.444. The molecule has 5 nitrogen and oxygen atoms in total. The lowest BCUT2D eigenvalue weighted by atomic mass is 9.33. The zero-order chi connectivity index (χ0) is 26.7. The van der Waals surface area contributed by atoms with Gasteiger partial charge in [0.1, 0.15) is 0 Å². The summed E-state index contributed by atoms with van der Waals surface area (Å²) in [7, 11) is 0. The van der Waals surface area contributed by atoms with Crippen LogP contribution in [-0.4, -0.2) is 28.2 Å². The first-order valence-corrected chi connectivity index (χ1v) is 14.4. The number of rotatable bonds is 2. The third-order valence-electron chi connectivity index (χ3n) is 13.6. The molecule has 5 heteroatoms. The molecule has 0 aromatic carbocycles. The van der Waals surface area contributed by atoms with E-state index < -0.39 is 11.7 Å². The molecular formula is C31H49NO4. The van der Waals surface area contributed by atoms with Crippen molar-refractivity contribution >= 4 is 11.7 Å². The number of fused-ring (bicyclic) bond motifs is 7. The zero-order valence-electron chi connectivity index (χ0n) is 23.6. The maximum Gasteiger partial charge on any atom is 0.223 e. The van der Waals surface area contributed by atoms with Crippen LogP contribution < -0.4 is 5.73 Å². The number of aliphatic hydroxyl groups is 2. The Morgan fingerprint density at radius 3 is 2.19 bits per heavy atom. The number of ketones is 1. The summed E-state index contributed by atoms with van der Waals surface area (Å²) in [6.45, 7) is 15.9. The maximum atomic E-state index is 14.3. The van der Waals surface area contributed by atoms with E-state index in [0.29, 0.717) is 0 Å². The van der Waals surface area contributed by atoms with E-state index in [4.69, 9.17) is 5.73 Å². The van der Waals surface area contributed by atoms with Crippen molar-refractivity contribution in [1.82, 2.24) is 0 Å². The van der Waals surface area contributed by atoms with Crippen LogP contribution in [0, 0.1) is 56.2 Å². The van der Waals surface area contributed by atoms with Gasteiger partial charge < -0.3 is 15.9 Å². The largest absolute Gasteiger partial charge is 0.369 e. The number of allylic oxidation sites excluding steroid dienone is 2. The molecule has 4 saturated carbocycles. The van der Waals surface area contributed by atoms with Crippen LogP contribution in [0.5, 0.6) is 0 Å². The first kappa shape index (κ1) is 26.4. The molecule has 1 amide bonds. The molecule has 0 aromatic rings. The molecule has 9 atom stereocenters. The molecule has 0 bridgehead atoms. The number of nitrogens with two attached hydrogens (primary N) is 1. The van der Waals surface area contributed by atoms with E-state index in [1.54, 1.807) is 0 Å². The molecule has 0 radical (unpaired) electrons. The summed E-state index contributed by atoms with van der Waals surface area (Å²) < 4.78 is 0. The lowest BCUT2D eigenvalue weighted by Crippen LogP contribution is -2.66. The fourth-order valence-corrected chi connectivity index (χ4v) is 11.0. The van der Waals surface area contributed by atoms with E-state index in [0.717, 1.165) is 57.8 Å². The summed E-state index contributed by atoms with van der Waals surface area (Å²) >= 11 is 0. The highest BCUT2D eigenvalue weighted by Gasteiger charge is 2.70. The molecule has 0 saturated heterocycles. The number of hydrogen-bond donors (Lipinski definition) is 3. The lowest BCUT2D eigenvalue weighted by Gasteiger charge is -2.70. The summed E-state index contributed by atoms with van der Waals surface area (Å²) in [5, 5.41) is 20.4. The van der Waals surface area contributed by atoms with E-state index in [-0.39, 0.29) is 62.4 Å². The van der Waals surface area contributed by atoms with Crippen molar-refractivity contribution in [2.45, 2.75) is 113 Å². The SMILES string of the molecule is CC1(C)C2CC[C@]3(C)[C@H](C(=O)C=C4[C@@H]5C[C@@](C)(C(N)=O)CC[C@]5(C)CC[C@]43C)[C@@]2(C)CC[C@H]1C(O)O. The van der Waals surface area contributed by atoms with Crippen LogP contribution in [0.1, 0.15) is 106 Å². The Bertz CT molecular complexity index is 1020. The number of amides is 1. The predicted molar refractivity (Wildman–Crippen MR) is 140 cm³/mol. The third kappa shape index (κ3) is 3.14. The second-order valence-electron chi connectivity index (χ2n) is 15.5. The topological polar surface area (TPSA) is 101 Å². The molecule has 1 unspecified atom stereocenters. The number of primary amides is 1. The Morgan fingerprint density at radius 1 is 0.944 bits per heavy atom. The fraction of sp³-hybridized carbons (Fsp3) is 0.871. The van der Waals surface area contributed by atoms with Gasteiger partial charge >= 0.3 is 0 Å². The average Bonchev–Trinajstić information content (AvgIpc) is 2.75. The summed E-state index contributed by atoms with van der Waals surface area (Å²) in [6.07, 6.45) is 9.08. The minimum absolute atomic E-state index is 0.0657. The summed E-state index contributed by atoms with van der Waals surface area (Å²) in [4.78, 5) is 26.8. The highest BCUT2D eigenvalue weighted by Crippen LogP contribution is 2.75. The van der Waals surface area contributed by atoms with Gasteiger partial charge in [-0.3, -0.25) is 9.59 Å². The molecule has 4 fully saturated rings. The molecule has 0 spiro atoms. The molecule has 5 rings (SSSR count). The zero-order valence-corrected chi connectivity index (χ0v) is 23.6. The fourth-order valence-electron chi connectivity index (χ4n) is 11.0. The number of carbonyl (C=O) groups excluding carboxylic acids is 2. The monoisotopic (exact) mass is 499 g/mol. The van der Waals surface area contributed by atoms with E-state index in [1.165, 1.54) is 5.57 Å². The Hall–Kier alpha value is -1.20.